The molecule has 1 fully saturated rings. The summed E-state index contributed by atoms with van der Waals surface area (Å²) in [5, 5.41) is 2.94. The van der Waals surface area contributed by atoms with Crippen molar-refractivity contribution in [2.45, 2.75) is 13.5 Å². The van der Waals surface area contributed by atoms with E-state index in [1.54, 1.807) is 0 Å². The van der Waals surface area contributed by atoms with Crippen molar-refractivity contribution in [3.05, 3.63) is 60.0 Å². The zero-order valence-corrected chi connectivity index (χ0v) is 14.8. The Balaban J connectivity index is 1.32. The Bertz CT molecular complexity index is 899. The maximum absolute atomic E-state index is 12.3. The molecule has 2 aromatic carbocycles. The predicted octanol–water partition coefficient (Wildman–Crippen LogP) is 3.49. The van der Waals surface area contributed by atoms with E-state index in [4.69, 9.17) is 4.42 Å². The van der Waals surface area contributed by atoms with Crippen molar-refractivity contribution in [2.75, 3.05) is 31.5 Å². The van der Waals surface area contributed by atoms with Crippen LogP contribution in [-0.4, -0.2) is 47.0 Å². The third-order valence-corrected chi connectivity index (χ3v) is 4.63. The van der Waals surface area contributed by atoms with Gasteiger partial charge in [-0.05, 0) is 36.8 Å². The number of carbonyl (C=O) groups excluding carboxylic acids is 1. The second-order valence-corrected chi connectivity index (χ2v) is 6.64. The zero-order valence-electron chi connectivity index (χ0n) is 14.8. The van der Waals surface area contributed by atoms with Gasteiger partial charge in [0.05, 0.1) is 6.54 Å². The van der Waals surface area contributed by atoms with Gasteiger partial charge in [0, 0.05) is 31.9 Å². The van der Waals surface area contributed by atoms with Crippen LogP contribution >= 0.6 is 0 Å². The Kier molecular flexibility index (Phi) is 4.58. The van der Waals surface area contributed by atoms with Gasteiger partial charge in [0.2, 0.25) is 5.89 Å². The average molecular weight is 350 g/mol. The van der Waals surface area contributed by atoms with Crippen LogP contribution in [0.2, 0.25) is 0 Å². The minimum absolute atomic E-state index is 0.0480. The van der Waals surface area contributed by atoms with E-state index >= 15 is 0 Å². The Morgan fingerprint density at radius 2 is 1.88 bits per heavy atom. The first-order chi connectivity index (χ1) is 12.7. The van der Waals surface area contributed by atoms with Crippen molar-refractivity contribution in [3.63, 3.8) is 0 Å². The number of rotatable bonds is 3. The number of aryl methyl sites for hydroxylation is 1. The summed E-state index contributed by atoms with van der Waals surface area (Å²) in [6.07, 6.45) is 0. The molecular formula is C20H22N4O2. The molecule has 4 rings (SSSR count). The molecule has 0 atom stereocenters. The number of amides is 2. The molecule has 3 aromatic rings. The summed E-state index contributed by atoms with van der Waals surface area (Å²) in [5.41, 5.74) is 3.72. The molecule has 26 heavy (non-hydrogen) atoms. The molecule has 0 saturated carbocycles. The van der Waals surface area contributed by atoms with Crippen molar-refractivity contribution >= 4 is 22.8 Å². The van der Waals surface area contributed by atoms with E-state index in [0.29, 0.717) is 19.6 Å². The molecule has 0 spiro atoms. The summed E-state index contributed by atoms with van der Waals surface area (Å²) in [5.74, 6) is 0.729. The second kappa shape index (κ2) is 7.17. The number of oxazole rings is 1. The van der Waals surface area contributed by atoms with E-state index in [9.17, 15) is 4.79 Å². The first-order valence-corrected chi connectivity index (χ1v) is 8.87. The lowest BCUT2D eigenvalue weighted by molar-refractivity contribution is 0.136. The van der Waals surface area contributed by atoms with Gasteiger partial charge in [0.25, 0.3) is 0 Å². The third-order valence-electron chi connectivity index (χ3n) is 4.63. The van der Waals surface area contributed by atoms with Gasteiger partial charge in [-0.3, -0.25) is 4.90 Å². The number of anilines is 1. The van der Waals surface area contributed by atoms with E-state index in [2.05, 4.69) is 15.2 Å². The standard InChI is InChI=1S/C20H22N4O2/c1-15-7-8-17-18(13-15)26-19(22-17)14-23-9-11-24(12-10-23)20(25)21-16-5-3-2-4-6-16/h2-8,13H,9-12,14H2,1H3,(H,21,25). The summed E-state index contributed by atoms with van der Waals surface area (Å²) in [6, 6.07) is 15.5. The number of urea groups is 1. The quantitative estimate of drug-likeness (QED) is 0.785. The first-order valence-electron chi connectivity index (χ1n) is 8.87. The molecule has 1 aliphatic heterocycles. The van der Waals surface area contributed by atoms with Crippen LogP contribution in [0.4, 0.5) is 10.5 Å². The van der Waals surface area contributed by atoms with Gasteiger partial charge in [0.1, 0.15) is 5.52 Å². The number of nitrogens with zero attached hydrogens (tertiary/aromatic N) is 3. The summed E-state index contributed by atoms with van der Waals surface area (Å²) < 4.78 is 5.86. The van der Waals surface area contributed by atoms with Crippen molar-refractivity contribution in [2.24, 2.45) is 0 Å². The van der Waals surface area contributed by atoms with Gasteiger partial charge < -0.3 is 14.6 Å². The molecule has 1 saturated heterocycles. The zero-order chi connectivity index (χ0) is 17.9. The number of para-hydroxylation sites is 1. The highest BCUT2D eigenvalue weighted by molar-refractivity contribution is 5.89. The van der Waals surface area contributed by atoms with Crippen molar-refractivity contribution in [1.82, 2.24) is 14.8 Å². The van der Waals surface area contributed by atoms with E-state index < -0.39 is 0 Å². The molecule has 6 nitrogen and oxygen atoms in total. The normalized spacial score (nSPS) is 15.3. The van der Waals surface area contributed by atoms with Crippen LogP contribution < -0.4 is 5.32 Å². The fourth-order valence-corrected chi connectivity index (χ4v) is 3.17. The number of nitrogens with one attached hydrogen (secondary N) is 1. The number of hydrogen-bond acceptors (Lipinski definition) is 4. The molecular weight excluding hydrogens is 328 g/mol. The fraction of sp³-hybridized carbons (Fsp3) is 0.300. The molecule has 1 aliphatic rings. The molecule has 1 aromatic heterocycles. The Morgan fingerprint density at radius 1 is 1.12 bits per heavy atom. The molecule has 6 heteroatoms. The predicted molar refractivity (Wildman–Crippen MR) is 101 cm³/mol. The smallest absolute Gasteiger partial charge is 0.321 e. The summed E-state index contributed by atoms with van der Waals surface area (Å²) in [7, 11) is 0. The SMILES string of the molecule is Cc1ccc2nc(CN3CCN(C(=O)Nc4ccccc4)CC3)oc2c1. The van der Waals surface area contributed by atoms with Crippen LogP contribution in [0.3, 0.4) is 0 Å². The largest absolute Gasteiger partial charge is 0.439 e. The maximum Gasteiger partial charge on any atom is 0.321 e. The van der Waals surface area contributed by atoms with Crippen molar-refractivity contribution in [3.8, 4) is 0 Å². The van der Waals surface area contributed by atoms with Gasteiger partial charge >= 0.3 is 6.03 Å². The molecule has 0 bridgehead atoms. The van der Waals surface area contributed by atoms with E-state index in [-0.39, 0.29) is 6.03 Å². The summed E-state index contributed by atoms with van der Waals surface area (Å²) in [4.78, 5) is 21.0. The average Bonchev–Trinajstić information content (AvgIpc) is 3.04. The van der Waals surface area contributed by atoms with Crippen LogP contribution in [0.25, 0.3) is 11.1 Å². The Hall–Kier alpha value is -2.86. The lowest BCUT2D eigenvalue weighted by Gasteiger charge is -2.33. The number of hydrogen-bond donors (Lipinski definition) is 1. The highest BCUT2D eigenvalue weighted by atomic mass is 16.3. The Morgan fingerprint density at radius 3 is 2.65 bits per heavy atom. The van der Waals surface area contributed by atoms with E-state index in [0.717, 1.165) is 35.8 Å². The first kappa shape index (κ1) is 16.6. The monoisotopic (exact) mass is 350 g/mol. The number of piperazine rings is 1. The van der Waals surface area contributed by atoms with Gasteiger partial charge in [0.15, 0.2) is 5.58 Å². The lowest BCUT2D eigenvalue weighted by Crippen LogP contribution is -2.49. The molecule has 1 N–H and O–H groups in total. The van der Waals surface area contributed by atoms with Gasteiger partial charge in [-0.2, -0.15) is 0 Å². The Labute approximate surface area is 152 Å². The van der Waals surface area contributed by atoms with Gasteiger partial charge in [-0.15, -0.1) is 0 Å². The second-order valence-electron chi connectivity index (χ2n) is 6.64. The highest BCUT2D eigenvalue weighted by Crippen LogP contribution is 2.18. The van der Waals surface area contributed by atoms with Crippen LogP contribution in [0.1, 0.15) is 11.5 Å². The minimum atomic E-state index is -0.0480. The number of benzene rings is 2. The molecule has 0 radical (unpaired) electrons. The van der Waals surface area contributed by atoms with Crippen molar-refractivity contribution in [1.29, 1.82) is 0 Å². The number of carbonyl (C=O) groups is 1. The topological polar surface area (TPSA) is 61.6 Å². The van der Waals surface area contributed by atoms with Crippen LogP contribution in [0.5, 0.6) is 0 Å². The van der Waals surface area contributed by atoms with Gasteiger partial charge in [-0.1, -0.05) is 24.3 Å². The number of fused-ring (bicyclic) bond motifs is 1. The molecule has 0 aliphatic carbocycles. The van der Waals surface area contributed by atoms with Crippen LogP contribution in [0, 0.1) is 6.92 Å². The third kappa shape index (κ3) is 3.70. The summed E-state index contributed by atoms with van der Waals surface area (Å²) >= 11 is 0. The van der Waals surface area contributed by atoms with Crippen LogP contribution in [-0.2, 0) is 6.54 Å². The number of aromatic nitrogens is 1. The minimum Gasteiger partial charge on any atom is -0.439 e. The lowest BCUT2D eigenvalue weighted by atomic mass is 10.2. The van der Waals surface area contributed by atoms with E-state index in [1.807, 2.05) is 60.4 Å². The highest BCUT2D eigenvalue weighted by Gasteiger charge is 2.22. The summed E-state index contributed by atoms with van der Waals surface area (Å²) in [6.45, 7) is 5.71. The maximum atomic E-state index is 12.3. The molecule has 2 heterocycles. The van der Waals surface area contributed by atoms with Crippen molar-refractivity contribution < 1.29 is 9.21 Å². The van der Waals surface area contributed by atoms with E-state index in [1.165, 1.54) is 5.56 Å². The molecule has 134 valence electrons. The van der Waals surface area contributed by atoms with Gasteiger partial charge in [-0.25, -0.2) is 9.78 Å². The van der Waals surface area contributed by atoms with Crippen LogP contribution in [0.15, 0.2) is 52.9 Å². The fourth-order valence-electron chi connectivity index (χ4n) is 3.17. The molecule has 0 unspecified atom stereocenters. The molecule has 2 amide bonds.